The van der Waals surface area contributed by atoms with E-state index in [9.17, 15) is 5.11 Å². The summed E-state index contributed by atoms with van der Waals surface area (Å²) < 4.78 is 2.40. The summed E-state index contributed by atoms with van der Waals surface area (Å²) in [6.07, 6.45) is 3.05. The monoisotopic (exact) mass is 440 g/mol. The maximum absolute atomic E-state index is 9.98. The Bertz CT molecular complexity index is 879. The van der Waals surface area contributed by atoms with Gasteiger partial charge in [-0.1, -0.05) is 15.9 Å². The molecule has 3 rings (SSSR count). The summed E-state index contributed by atoms with van der Waals surface area (Å²) in [5.74, 6) is 0.779. The lowest BCUT2D eigenvalue weighted by atomic mass is 10.2. The SMILES string of the molecule is Cc1csc2c(N/N=C\c3cc(Br)cc(Br)c3O)ncnc12. The van der Waals surface area contributed by atoms with Gasteiger partial charge in [0.2, 0.25) is 0 Å². The van der Waals surface area contributed by atoms with Crippen LogP contribution in [-0.4, -0.2) is 21.3 Å². The quantitative estimate of drug-likeness (QED) is 0.457. The largest absolute Gasteiger partial charge is 0.506 e. The van der Waals surface area contributed by atoms with E-state index in [4.69, 9.17) is 0 Å². The summed E-state index contributed by atoms with van der Waals surface area (Å²) in [5, 5.41) is 16.2. The normalized spacial score (nSPS) is 11.4. The van der Waals surface area contributed by atoms with E-state index in [-0.39, 0.29) is 5.75 Å². The molecule has 0 radical (unpaired) electrons. The van der Waals surface area contributed by atoms with Crippen molar-refractivity contribution in [2.75, 3.05) is 5.43 Å². The Hall–Kier alpha value is -1.51. The molecule has 112 valence electrons. The van der Waals surface area contributed by atoms with Crippen LogP contribution in [0.25, 0.3) is 10.2 Å². The Labute approximate surface area is 147 Å². The number of halogens is 2. The number of rotatable bonds is 3. The fourth-order valence-corrected chi connectivity index (χ4v) is 4.10. The third-order valence-electron chi connectivity index (χ3n) is 2.96. The number of phenolic OH excluding ortho intramolecular Hbond substituents is 1. The van der Waals surface area contributed by atoms with Gasteiger partial charge in [0.1, 0.15) is 12.1 Å². The van der Waals surface area contributed by atoms with Crippen molar-refractivity contribution < 1.29 is 5.11 Å². The maximum atomic E-state index is 9.98. The molecule has 0 unspecified atom stereocenters. The van der Waals surface area contributed by atoms with Crippen molar-refractivity contribution in [2.45, 2.75) is 6.92 Å². The van der Waals surface area contributed by atoms with Gasteiger partial charge in [-0.2, -0.15) is 5.10 Å². The molecule has 0 saturated carbocycles. The second-order valence-corrected chi connectivity index (χ2v) is 7.16. The Morgan fingerprint density at radius 1 is 1.32 bits per heavy atom. The van der Waals surface area contributed by atoms with Crippen LogP contribution >= 0.6 is 43.2 Å². The molecule has 0 aliphatic heterocycles. The van der Waals surface area contributed by atoms with E-state index in [2.05, 4.69) is 52.4 Å². The van der Waals surface area contributed by atoms with Crippen molar-refractivity contribution in [2.24, 2.45) is 5.10 Å². The summed E-state index contributed by atoms with van der Waals surface area (Å²) in [7, 11) is 0. The first kappa shape index (κ1) is 15.4. The van der Waals surface area contributed by atoms with Gasteiger partial charge in [0.15, 0.2) is 5.82 Å². The van der Waals surface area contributed by atoms with Gasteiger partial charge in [-0.25, -0.2) is 9.97 Å². The Morgan fingerprint density at radius 3 is 2.95 bits per heavy atom. The molecular formula is C14H10Br2N4OS. The molecule has 2 N–H and O–H groups in total. The second-order valence-electron chi connectivity index (χ2n) is 4.51. The number of nitrogens with one attached hydrogen (secondary N) is 1. The minimum atomic E-state index is 0.133. The summed E-state index contributed by atoms with van der Waals surface area (Å²) in [5.41, 5.74) is 5.52. The number of aromatic hydroxyl groups is 1. The summed E-state index contributed by atoms with van der Waals surface area (Å²) in [4.78, 5) is 8.46. The van der Waals surface area contributed by atoms with E-state index in [0.29, 0.717) is 15.9 Å². The van der Waals surface area contributed by atoms with Crippen molar-refractivity contribution in [3.63, 3.8) is 0 Å². The first-order valence-corrected chi connectivity index (χ1v) is 8.68. The number of benzene rings is 1. The highest BCUT2D eigenvalue weighted by molar-refractivity contribution is 9.11. The van der Waals surface area contributed by atoms with E-state index in [1.54, 1.807) is 29.7 Å². The number of fused-ring (bicyclic) bond motifs is 1. The van der Waals surface area contributed by atoms with Gasteiger partial charge in [-0.3, -0.25) is 5.43 Å². The summed E-state index contributed by atoms with van der Waals surface area (Å²) >= 11 is 8.23. The molecule has 0 aliphatic rings. The molecule has 1 aromatic carbocycles. The van der Waals surface area contributed by atoms with Crippen LogP contribution in [0, 0.1) is 6.92 Å². The van der Waals surface area contributed by atoms with Crippen LogP contribution in [0.1, 0.15) is 11.1 Å². The molecule has 2 heterocycles. The van der Waals surface area contributed by atoms with Crippen molar-refractivity contribution >= 4 is 65.4 Å². The number of hydrogen-bond acceptors (Lipinski definition) is 6. The van der Waals surface area contributed by atoms with Gasteiger partial charge in [-0.05, 0) is 45.9 Å². The number of nitrogens with zero attached hydrogens (tertiary/aromatic N) is 3. The Morgan fingerprint density at radius 2 is 2.14 bits per heavy atom. The molecule has 5 nitrogen and oxygen atoms in total. The van der Waals surface area contributed by atoms with Crippen molar-refractivity contribution in [3.8, 4) is 5.75 Å². The highest BCUT2D eigenvalue weighted by Gasteiger charge is 2.08. The lowest BCUT2D eigenvalue weighted by Crippen LogP contribution is -1.95. The van der Waals surface area contributed by atoms with Crippen LogP contribution < -0.4 is 5.43 Å². The van der Waals surface area contributed by atoms with Gasteiger partial charge >= 0.3 is 0 Å². The van der Waals surface area contributed by atoms with E-state index >= 15 is 0 Å². The number of aromatic nitrogens is 2. The fraction of sp³-hybridized carbons (Fsp3) is 0.0714. The van der Waals surface area contributed by atoms with Gasteiger partial charge in [-0.15, -0.1) is 11.3 Å². The fourth-order valence-electron chi connectivity index (χ4n) is 1.90. The Balaban J connectivity index is 1.88. The molecule has 3 aromatic rings. The number of hydrogen-bond donors (Lipinski definition) is 2. The molecule has 0 saturated heterocycles. The molecule has 0 aliphatic carbocycles. The predicted molar refractivity (Wildman–Crippen MR) is 96.9 cm³/mol. The van der Waals surface area contributed by atoms with Crippen LogP contribution in [-0.2, 0) is 0 Å². The highest BCUT2D eigenvalue weighted by Crippen LogP contribution is 2.31. The number of thiophene rings is 1. The Kier molecular flexibility index (Phi) is 4.42. The summed E-state index contributed by atoms with van der Waals surface area (Å²) in [6, 6.07) is 3.54. The first-order chi connectivity index (χ1) is 10.6. The molecule has 0 spiro atoms. The van der Waals surface area contributed by atoms with Crippen molar-refractivity contribution in [3.05, 3.63) is 43.9 Å². The zero-order valence-corrected chi connectivity index (χ0v) is 15.3. The first-order valence-electron chi connectivity index (χ1n) is 6.22. The van der Waals surface area contributed by atoms with E-state index in [1.807, 2.05) is 12.3 Å². The standard InChI is InChI=1S/C14H10Br2N4OS/c1-7-5-22-13-11(7)17-6-18-14(13)20-19-4-8-2-9(15)3-10(16)12(8)21/h2-6,21H,1H3,(H,17,18,20)/b19-4-. The van der Waals surface area contributed by atoms with Gasteiger partial charge in [0, 0.05) is 10.0 Å². The number of aryl methyl sites for hydroxylation is 1. The molecule has 8 heteroatoms. The number of anilines is 1. The minimum absolute atomic E-state index is 0.133. The molecule has 22 heavy (non-hydrogen) atoms. The average Bonchev–Trinajstić information content (AvgIpc) is 2.87. The zero-order valence-electron chi connectivity index (χ0n) is 11.3. The minimum Gasteiger partial charge on any atom is -0.506 e. The van der Waals surface area contributed by atoms with Crippen molar-refractivity contribution in [1.29, 1.82) is 0 Å². The van der Waals surface area contributed by atoms with Crippen LogP contribution in [0.4, 0.5) is 5.82 Å². The van der Waals surface area contributed by atoms with E-state index in [0.717, 1.165) is 20.3 Å². The third kappa shape index (κ3) is 2.99. The average molecular weight is 442 g/mol. The summed E-state index contributed by atoms with van der Waals surface area (Å²) in [6.45, 7) is 2.01. The van der Waals surface area contributed by atoms with Gasteiger partial charge < -0.3 is 5.11 Å². The van der Waals surface area contributed by atoms with Crippen LogP contribution in [0.3, 0.4) is 0 Å². The lowest BCUT2D eigenvalue weighted by Gasteiger charge is -2.03. The maximum Gasteiger partial charge on any atom is 0.167 e. The third-order valence-corrected chi connectivity index (χ3v) is 5.12. The highest BCUT2D eigenvalue weighted by atomic mass is 79.9. The van der Waals surface area contributed by atoms with Crippen LogP contribution in [0.2, 0.25) is 0 Å². The molecule has 0 bridgehead atoms. The van der Waals surface area contributed by atoms with Gasteiger partial charge in [0.05, 0.1) is 20.9 Å². The molecule has 0 atom stereocenters. The molecule has 0 fully saturated rings. The zero-order chi connectivity index (χ0) is 15.7. The molecular weight excluding hydrogens is 432 g/mol. The smallest absolute Gasteiger partial charge is 0.167 e. The van der Waals surface area contributed by atoms with Crippen LogP contribution in [0.15, 0.2) is 37.9 Å². The van der Waals surface area contributed by atoms with E-state index in [1.165, 1.54) is 6.33 Å². The lowest BCUT2D eigenvalue weighted by molar-refractivity contribution is 0.471. The number of hydrazone groups is 1. The molecule has 2 aromatic heterocycles. The van der Waals surface area contributed by atoms with E-state index < -0.39 is 0 Å². The predicted octanol–water partition coefficient (Wildman–Crippen LogP) is 4.68. The van der Waals surface area contributed by atoms with Crippen molar-refractivity contribution in [1.82, 2.24) is 9.97 Å². The topological polar surface area (TPSA) is 70.4 Å². The second kappa shape index (κ2) is 6.31. The molecule has 0 amide bonds. The van der Waals surface area contributed by atoms with Crippen LogP contribution in [0.5, 0.6) is 5.75 Å². The number of phenols is 1. The van der Waals surface area contributed by atoms with Gasteiger partial charge in [0.25, 0.3) is 0 Å².